The molecule has 1 aliphatic rings. The molecule has 7 nitrogen and oxygen atoms in total. The van der Waals surface area contributed by atoms with Crippen LogP contribution in [-0.4, -0.2) is 53.6 Å². The molecule has 0 radical (unpaired) electrons. The molecule has 140 valence electrons. The van der Waals surface area contributed by atoms with Crippen LogP contribution in [0.2, 0.25) is 0 Å². The number of hydrogen-bond acceptors (Lipinski definition) is 4. The Morgan fingerprint density at radius 3 is 2.81 bits per heavy atom. The number of aromatic nitrogens is 2. The van der Waals surface area contributed by atoms with E-state index in [1.807, 2.05) is 24.4 Å². The Morgan fingerprint density at radius 1 is 1.31 bits per heavy atom. The average Bonchev–Trinajstić information content (AvgIpc) is 3.25. The monoisotopic (exact) mass is 376 g/mol. The molecule has 1 aliphatic heterocycles. The molecule has 0 saturated carbocycles. The molecule has 1 N–H and O–H groups in total. The Morgan fingerprint density at radius 2 is 2.08 bits per heavy atom. The zero-order valence-corrected chi connectivity index (χ0v) is 15.7. The van der Waals surface area contributed by atoms with Gasteiger partial charge in [-0.15, -0.1) is 0 Å². The molecular formula is C18H24N4O3S. The van der Waals surface area contributed by atoms with Gasteiger partial charge in [-0.3, -0.25) is 4.79 Å². The van der Waals surface area contributed by atoms with Crippen molar-refractivity contribution in [3.8, 4) is 0 Å². The van der Waals surface area contributed by atoms with Crippen LogP contribution in [0.4, 0.5) is 0 Å². The van der Waals surface area contributed by atoms with Crippen LogP contribution in [0.15, 0.2) is 42.7 Å². The molecule has 8 heteroatoms. The Labute approximate surface area is 154 Å². The van der Waals surface area contributed by atoms with Crippen molar-refractivity contribution in [2.45, 2.75) is 31.8 Å². The van der Waals surface area contributed by atoms with Crippen molar-refractivity contribution in [2.24, 2.45) is 0 Å². The number of rotatable bonds is 7. The molecule has 2 heterocycles. The number of carbonyl (C=O) groups excluding carboxylic acids is 1. The SMILES string of the molecule is CS(=O)(=O)N1CCCC1C(=O)NCCc1nccn1Cc1ccccc1. The predicted molar refractivity (Wildman–Crippen MR) is 99.1 cm³/mol. The van der Waals surface area contributed by atoms with E-state index in [4.69, 9.17) is 0 Å². The van der Waals surface area contributed by atoms with Crippen molar-refractivity contribution in [1.82, 2.24) is 19.2 Å². The Kier molecular flexibility index (Phi) is 5.73. The first-order valence-electron chi connectivity index (χ1n) is 8.73. The summed E-state index contributed by atoms with van der Waals surface area (Å²) in [6.45, 7) is 1.58. The molecule has 0 spiro atoms. The van der Waals surface area contributed by atoms with Gasteiger partial charge in [-0.05, 0) is 18.4 Å². The quantitative estimate of drug-likeness (QED) is 0.782. The zero-order chi connectivity index (χ0) is 18.6. The molecule has 0 aliphatic carbocycles. The summed E-state index contributed by atoms with van der Waals surface area (Å²) >= 11 is 0. The van der Waals surface area contributed by atoms with Gasteiger partial charge in [0.05, 0.1) is 6.26 Å². The third-order valence-electron chi connectivity index (χ3n) is 4.58. The second-order valence-electron chi connectivity index (χ2n) is 6.53. The highest BCUT2D eigenvalue weighted by molar-refractivity contribution is 7.88. The summed E-state index contributed by atoms with van der Waals surface area (Å²) in [5.41, 5.74) is 1.19. The maximum atomic E-state index is 12.4. The normalized spacial score (nSPS) is 18.1. The molecular weight excluding hydrogens is 352 g/mol. The topological polar surface area (TPSA) is 84.3 Å². The van der Waals surface area contributed by atoms with E-state index in [-0.39, 0.29) is 5.91 Å². The van der Waals surface area contributed by atoms with Crippen LogP contribution in [0.3, 0.4) is 0 Å². The summed E-state index contributed by atoms with van der Waals surface area (Å²) in [5, 5.41) is 2.86. The van der Waals surface area contributed by atoms with Crippen molar-refractivity contribution in [3.05, 3.63) is 54.1 Å². The zero-order valence-electron chi connectivity index (χ0n) is 14.8. The van der Waals surface area contributed by atoms with Gasteiger partial charge in [-0.1, -0.05) is 30.3 Å². The van der Waals surface area contributed by atoms with E-state index >= 15 is 0 Å². The molecule has 3 rings (SSSR count). The maximum Gasteiger partial charge on any atom is 0.238 e. The number of hydrogen-bond donors (Lipinski definition) is 1. The Balaban J connectivity index is 1.54. The van der Waals surface area contributed by atoms with Crippen LogP contribution >= 0.6 is 0 Å². The standard InChI is InChI=1S/C18H24N4O3S/c1-26(24,25)22-12-5-8-16(22)18(23)20-10-9-17-19-11-13-21(17)14-15-6-3-2-4-7-15/h2-4,6-7,11,13,16H,5,8-10,12,14H2,1H3,(H,20,23). The van der Waals surface area contributed by atoms with Crippen molar-refractivity contribution in [2.75, 3.05) is 19.3 Å². The summed E-state index contributed by atoms with van der Waals surface area (Å²) in [4.78, 5) is 16.7. The minimum absolute atomic E-state index is 0.228. The average molecular weight is 376 g/mol. The van der Waals surface area contributed by atoms with Gasteiger partial charge in [-0.25, -0.2) is 13.4 Å². The van der Waals surface area contributed by atoms with Crippen LogP contribution in [0.5, 0.6) is 0 Å². The molecule has 2 aromatic rings. The van der Waals surface area contributed by atoms with Gasteiger partial charge in [0.25, 0.3) is 0 Å². The van der Waals surface area contributed by atoms with E-state index < -0.39 is 16.1 Å². The van der Waals surface area contributed by atoms with Crippen LogP contribution < -0.4 is 5.32 Å². The van der Waals surface area contributed by atoms with Gasteiger partial charge in [0.2, 0.25) is 15.9 Å². The molecule has 1 amide bonds. The van der Waals surface area contributed by atoms with Crippen molar-refractivity contribution >= 4 is 15.9 Å². The lowest BCUT2D eigenvalue weighted by Crippen LogP contribution is -2.46. The molecule has 1 aromatic carbocycles. The summed E-state index contributed by atoms with van der Waals surface area (Å²) in [7, 11) is -3.35. The van der Waals surface area contributed by atoms with Gasteiger partial charge < -0.3 is 9.88 Å². The highest BCUT2D eigenvalue weighted by Crippen LogP contribution is 2.20. The first-order chi connectivity index (χ1) is 12.4. The Bertz CT molecular complexity index is 848. The fourth-order valence-electron chi connectivity index (χ4n) is 3.31. The first kappa shape index (κ1) is 18.6. The third-order valence-corrected chi connectivity index (χ3v) is 5.87. The minimum atomic E-state index is -3.35. The Hall–Kier alpha value is -2.19. The molecule has 26 heavy (non-hydrogen) atoms. The maximum absolute atomic E-state index is 12.4. The number of amides is 1. The third kappa shape index (κ3) is 4.50. The smallest absolute Gasteiger partial charge is 0.238 e. The van der Waals surface area contributed by atoms with Gasteiger partial charge in [0.15, 0.2) is 0 Å². The molecule has 1 atom stereocenters. The van der Waals surface area contributed by atoms with E-state index in [1.165, 1.54) is 9.87 Å². The molecule has 1 saturated heterocycles. The van der Waals surface area contributed by atoms with Crippen molar-refractivity contribution in [3.63, 3.8) is 0 Å². The number of carbonyl (C=O) groups is 1. The largest absolute Gasteiger partial charge is 0.354 e. The number of nitrogens with zero attached hydrogens (tertiary/aromatic N) is 3. The van der Waals surface area contributed by atoms with E-state index in [2.05, 4.69) is 27.0 Å². The lowest BCUT2D eigenvalue weighted by atomic mass is 10.2. The number of nitrogens with one attached hydrogen (secondary N) is 1. The lowest BCUT2D eigenvalue weighted by molar-refractivity contribution is -0.124. The predicted octanol–water partition coefficient (Wildman–Crippen LogP) is 1.01. The first-order valence-corrected chi connectivity index (χ1v) is 10.6. The fourth-order valence-corrected chi connectivity index (χ4v) is 4.43. The van der Waals surface area contributed by atoms with E-state index in [0.717, 1.165) is 18.6 Å². The molecule has 0 bridgehead atoms. The van der Waals surface area contributed by atoms with Gasteiger partial charge >= 0.3 is 0 Å². The van der Waals surface area contributed by atoms with E-state index in [1.54, 1.807) is 6.20 Å². The highest BCUT2D eigenvalue weighted by Gasteiger charge is 2.36. The number of imidazole rings is 1. The molecule has 1 unspecified atom stereocenters. The summed E-state index contributed by atoms with van der Waals surface area (Å²) in [6, 6.07) is 9.52. The van der Waals surface area contributed by atoms with Crippen LogP contribution in [-0.2, 0) is 27.8 Å². The molecule has 1 fully saturated rings. The van der Waals surface area contributed by atoms with Crippen LogP contribution in [0.1, 0.15) is 24.2 Å². The summed E-state index contributed by atoms with van der Waals surface area (Å²) < 4.78 is 26.9. The van der Waals surface area contributed by atoms with Crippen LogP contribution in [0, 0.1) is 0 Å². The minimum Gasteiger partial charge on any atom is -0.354 e. The van der Waals surface area contributed by atoms with Crippen molar-refractivity contribution in [1.29, 1.82) is 0 Å². The lowest BCUT2D eigenvalue weighted by Gasteiger charge is -2.21. The number of sulfonamides is 1. The van der Waals surface area contributed by atoms with E-state index in [9.17, 15) is 13.2 Å². The van der Waals surface area contributed by atoms with Crippen molar-refractivity contribution < 1.29 is 13.2 Å². The van der Waals surface area contributed by atoms with Crippen LogP contribution in [0.25, 0.3) is 0 Å². The second kappa shape index (κ2) is 8.01. The number of benzene rings is 1. The highest BCUT2D eigenvalue weighted by atomic mass is 32.2. The fraction of sp³-hybridized carbons (Fsp3) is 0.444. The summed E-state index contributed by atoms with van der Waals surface area (Å²) in [6.07, 6.45) is 6.71. The summed E-state index contributed by atoms with van der Waals surface area (Å²) in [5.74, 6) is 0.662. The van der Waals surface area contributed by atoms with E-state index in [0.29, 0.717) is 32.4 Å². The second-order valence-corrected chi connectivity index (χ2v) is 8.46. The van der Waals surface area contributed by atoms with Gasteiger partial charge in [0.1, 0.15) is 11.9 Å². The molecule has 1 aromatic heterocycles. The van der Waals surface area contributed by atoms with Gasteiger partial charge in [-0.2, -0.15) is 4.31 Å². The van der Waals surface area contributed by atoms with Gasteiger partial charge in [0, 0.05) is 38.4 Å².